The van der Waals surface area contributed by atoms with Crippen LogP contribution in [-0.2, 0) is 9.09 Å². The molecule has 1 unspecified atom stereocenters. The molecule has 0 spiro atoms. The van der Waals surface area contributed by atoms with Crippen molar-refractivity contribution in [1.82, 2.24) is 0 Å². The first kappa shape index (κ1) is 11.7. The number of rotatable bonds is 3. The molecule has 0 bridgehead atoms. The molecule has 1 atom stereocenters. The highest BCUT2D eigenvalue weighted by Crippen LogP contribution is 2.40. The fraction of sp³-hybridized carbons (Fsp3) is 0.333. The van der Waals surface area contributed by atoms with E-state index >= 15 is 0 Å². The summed E-state index contributed by atoms with van der Waals surface area (Å²) in [5, 5.41) is -0.198. The molecular formula is C3H4Cl3O4P. The van der Waals surface area contributed by atoms with Crippen LogP contribution in [0.1, 0.15) is 0 Å². The molecule has 4 nitrogen and oxygen atoms in total. The highest BCUT2D eigenvalue weighted by atomic mass is 35.5. The topological polar surface area (TPSA) is 66.8 Å². The number of hydrogen-bond acceptors (Lipinski definition) is 2. The molecule has 8 heteroatoms. The van der Waals surface area contributed by atoms with E-state index in [2.05, 4.69) is 4.52 Å². The zero-order chi connectivity index (χ0) is 9.07. The quantitative estimate of drug-likeness (QED) is 0.585. The van der Waals surface area contributed by atoms with Crippen molar-refractivity contribution in [2.24, 2.45) is 0 Å². The van der Waals surface area contributed by atoms with E-state index in [4.69, 9.17) is 44.6 Å². The van der Waals surface area contributed by atoms with E-state index in [1.165, 1.54) is 0 Å². The van der Waals surface area contributed by atoms with Gasteiger partial charge in [0.15, 0.2) is 5.56 Å². The van der Waals surface area contributed by atoms with E-state index in [9.17, 15) is 4.57 Å². The summed E-state index contributed by atoms with van der Waals surface area (Å²) in [5.74, 6) is 0. The summed E-state index contributed by atoms with van der Waals surface area (Å²) in [6.45, 7) is 0. The average Bonchev–Trinajstić information content (AvgIpc) is 1.82. The van der Waals surface area contributed by atoms with Crippen LogP contribution in [0.15, 0.2) is 10.6 Å². The third kappa shape index (κ3) is 5.93. The first-order chi connectivity index (χ1) is 4.87. The maximum Gasteiger partial charge on any atom is 0.471 e. The van der Waals surface area contributed by atoms with Crippen molar-refractivity contribution in [2.45, 2.75) is 5.56 Å². The maximum absolute atomic E-state index is 10.1. The Morgan fingerprint density at radius 3 is 2.36 bits per heavy atom. The molecule has 0 heterocycles. The molecule has 0 saturated carbocycles. The molecule has 66 valence electrons. The number of phosphoric acid groups is 1. The average molecular weight is 241 g/mol. The van der Waals surface area contributed by atoms with Crippen LogP contribution in [-0.4, -0.2) is 15.3 Å². The summed E-state index contributed by atoms with van der Waals surface area (Å²) in [7, 11) is -4.60. The molecular weight excluding hydrogens is 237 g/mol. The van der Waals surface area contributed by atoms with Gasteiger partial charge < -0.3 is 9.79 Å². The van der Waals surface area contributed by atoms with Crippen molar-refractivity contribution in [3.05, 3.63) is 10.6 Å². The van der Waals surface area contributed by atoms with Gasteiger partial charge in [-0.15, -0.1) is 0 Å². The Labute approximate surface area is 77.9 Å². The first-order valence-electron chi connectivity index (χ1n) is 2.20. The third-order valence-corrected chi connectivity index (χ3v) is 2.25. The monoisotopic (exact) mass is 240 g/mol. The molecule has 0 rings (SSSR count). The minimum absolute atomic E-state index is 0.198. The van der Waals surface area contributed by atoms with Gasteiger partial charge in [0.1, 0.15) is 0 Å². The largest absolute Gasteiger partial charge is 0.471 e. The van der Waals surface area contributed by atoms with Gasteiger partial charge >= 0.3 is 7.82 Å². The Morgan fingerprint density at radius 2 is 2.09 bits per heavy atom. The second-order valence-electron chi connectivity index (χ2n) is 1.41. The SMILES string of the molecule is O=P(O)(O)OC(Cl)C(Cl)=CCl. The molecule has 0 fully saturated rings. The summed E-state index contributed by atoms with van der Waals surface area (Å²) in [4.78, 5) is 16.4. The highest BCUT2D eigenvalue weighted by molar-refractivity contribution is 7.46. The van der Waals surface area contributed by atoms with E-state index in [1.807, 2.05) is 0 Å². The summed E-state index contributed by atoms with van der Waals surface area (Å²) >= 11 is 15.5. The summed E-state index contributed by atoms with van der Waals surface area (Å²) < 4.78 is 14.1. The zero-order valence-electron chi connectivity index (χ0n) is 4.95. The van der Waals surface area contributed by atoms with Gasteiger partial charge in [-0.25, -0.2) is 4.57 Å². The molecule has 0 aliphatic rings. The lowest BCUT2D eigenvalue weighted by molar-refractivity contribution is 0.197. The van der Waals surface area contributed by atoms with Crippen molar-refractivity contribution in [1.29, 1.82) is 0 Å². The summed E-state index contributed by atoms with van der Waals surface area (Å²) in [6.07, 6.45) is 0. The van der Waals surface area contributed by atoms with Gasteiger partial charge in [-0.05, 0) is 0 Å². The minimum atomic E-state index is -4.60. The predicted molar refractivity (Wildman–Crippen MR) is 42.6 cm³/mol. The summed E-state index contributed by atoms with van der Waals surface area (Å²) in [6, 6.07) is 0. The maximum atomic E-state index is 10.1. The molecule has 0 aliphatic heterocycles. The number of hydrogen-bond donors (Lipinski definition) is 2. The predicted octanol–water partition coefficient (Wildman–Crippen LogP) is 1.98. The van der Waals surface area contributed by atoms with Gasteiger partial charge in [0.25, 0.3) is 0 Å². The number of halogens is 3. The molecule has 0 aromatic rings. The van der Waals surface area contributed by atoms with Crippen molar-refractivity contribution in [3.63, 3.8) is 0 Å². The first-order valence-corrected chi connectivity index (χ1v) is 4.98. The molecule has 2 N–H and O–H groups in total. The van der Waals surface area contributed by atoms with Gasteiger partial charge in [0.05, 0.1) is 5.03 Å². The van der Waals surface area contributed by atoms with Crippen LogP contribution in [0.4, 0.5) is 0 Å². The number of alkyl halides is 1. The highest BCUT2D eigenvalue weighted by Gasteiger charge is 2.22. The molecule has 11 heavy (non-hydrogen) atoms. The molecule has 0 saturated heterocycles. The van der Waals surface area contributed by atoms with Crippen molar-refractivity contribution >= 4 is 42.6 Å². The third-order valence-electron chi connectivity index (χ3n) is 0.551. The van der Waals surface area contributed by atoms with E-state index in [0.29, 0.717) is 0 Å². The van der Waals surface area contributed by atoms with Crippen LogP contribution in [0.5, 0.6) is 0 Å². The van der Waals surface area contributed by atoms with Crippen LogP contribution >= 0.6 is 42.6 Å². The summed E-state index contributed by atoms with van der Waals surface area (Å²) in [5.41, 5.74) is -0.565. The Balaban J connectivity index is 4.09. The fourth-order valence-corrected chi connectivity index (χ4v) is 1.24. The lowest BCUT2D eigenvalue weighted by atomic mass is 10.7. The minimum Gasteiger partial charge on any atom is -0.303 e. The van der Waals surface area contributed by atoms with Gasteiger partial charge in [-0.3, -0.25) is 4.52 Å². The van der Waals surface area contributed by atoms with Crippen LogP contribution in [0, 0.1) is 0 Å². The normalized spacial score (nSPS) is 16.6. The fourth-order valence-electron chi connectivity index (χ4n) is 0.220. The van der Waals surface area contributed by atoms with E-state index in [0.717, 1.165) is 5.54 Å². The van der Waals surface area contributed by atoms with Crippen LogP contribution in [0.25, 0.3) is 0 Å². The van der Waals surface area contributed by atoms with E-state index < -0.39 is 13.4 Å². The van der Waals surface area contributed by atoms with Crippen molar-refractivity contribution < 1.29 is 18.9 Å². The molecule has 0 radical (unpaired) electrons. The lowest BCUT2D eigenvalue weighted by Crippen LogP contribution is -2.02. The standard InChI is InChI=1S/C3H4Cl3O4P/c4-1-2(5)3(6)10-11(7,8)9/h1,3H,(H2,7,8,9). The van der Waals surface area contributed by atoms with Gasteiger partial charge in [0.2, 0.25) is 0 Å². The Morgan fingerprint density at radius 1 is 1.64 bits per heavy atom. The molecule has 0 aromatic carbocycles. The Kier molecular flexibility index (Phi) is 4.98. The zero-order valence-corrected chi connectivity index (χ0v) is 8.11. The van der Waals surface area contributed by atoms with E-state index in [-0.39, 0.29) is 5.03 Å². The van der Waals surface area contributed by atoms with Gasteiger partial charge in [-0.2, -0.15) is 0 Å². The molecule has 0 aliphatic carbocycles. The van der Waals surface area contributed by atoms with Crippen molar-refractivity contribution in [2.75, 3.05) is 0 Å². The molecule has 0 aromatic heterocycles. The lowest BCUT2D eigenvalue weighted by Gasteiger charge is -2.09. The smallest absolute Gasteiger partial charge is 0.303 e. The van der Waals surface area contributed by atoms with Crippen LogP contribution < -0.4 is 0 Å². The Bertz CT molecular complexity index is 199. The van der Waals surface area contributed by atoms with Crippen molar-refractivity contribution in [3.8, 4) is 0 Å². The van der Waals surface area contributed by atoms with Gasteiger partial charge in [0, 0.05) is 5.54 Å². The van der Waals surface area contributed by atoms with E-state index in [1.54, 1.807) is 0 Å². The Hall–Kier alpha value is 0.720. The molecule has 0 amide bonds. The van der Waals surface area contributed by atoms with Crippen LogP contribution in [0.3, 0.4) is 0 Å². The number of phosphoric ester groups is 1. The second kappa shape index (κ2) is 4.67. The second-order valence-corrected chi connectivity index (χ2v) is 3.65. The van der Waals surface area contributed by atoms with Gasteiger partial charge in [-0.1, -0.05) is 34.8 Å². The van der Waals surface area contributed by atoms with Crippen LogP contribution in [0.2, 0.25) is 0 Å².